The van der Waals surface area contributed by atoms with Gasteiger partial charge in [0.05, 0.1) is 19.3 Å². The third kappa shape index (κ3) is 4.23. The average molecular weight is 328 g/mol. The van der Waals surface area contributed by atoms with Crippen molar-refractivity contribution in [3.63, 3.8) is 0 Å². The first kappa shape index (κ1) is 16.8. The van der Waals surface area contributed by atoms with E-state index in [1.807, 2.05) is 0 Å². The lowest BCUT2D eigenvalue weighted by Gasteiger charge is -2.33. The molecule has 0 aliphatic carbocycles. The Morgan fingerprint density at radius 2 is 2.36 bits per heavy atom. The van der Waals surface area contributed by atoms with E-state index in [1.54, 1.807) is 18.0 Å². The van der Waals surface area contributed by atoms with Crippen molar-refractivity contribution in [3.05, 3.63) is 24.5 Å². The third-order valence-corrected chi connectivity index (χ3v) is 5.16. The second kappa shape index (κ2) is 7.14. The first-order valence-electron chi connectivity index (χ1n) is 6.88. The van der Waals surface area contributed by atoms with Gasteiger partial charge in [-0.25, -0.2) is 8.42 Å². The van der Waals surface area contributed by atoms with Gasteiger partial charge in [-0.3, -0.25) is 14.7 Å². The molecular weight excluding hydrogens is 308 g/mol. The fourth-order valence-electron chi connectivity index (χ4n) is 2.35. The van der Waals surface area contributed by atoms with Crippen LogP contribution in [-0.2, 0) is 19.6 Å². The molecule has 1 aromatic rings. The van der Waals surface area contributed by atoms with Crippen LogP contribution in [-0.4, -0.2) is 74.5 Å². The molecule has 0 radical (unpaired) electrons. The van der Waals surface area contributed by atoms with Gasteiger partial charge in [-0.05, 0) is 19.2 Å². The number of likely N-dealkylation sites (N-methyl/N-ethyl adjacent to an activating group) is 1. The zero-order valence-electron chi connectivity index (χ0n) is 12.4. The quantitative estimate of drug-likeness (QED) is 0.710. The topological polar surface area (TPSA) is 106 Å². The summed E-state index contributed by atoms with van der Waals surface area (Å²) in [6.07, 6.45) is 2.56. The highest BCUT2D eigenvalue weighted by atomic mass is 32.2. The Kier molecular flexibility index (Phi) is 5.46. The minimum absolute atomic E-state index is 0.106. The molecule has 9 heteroatoms. The smallest absolute Gasteiger partial charge is 0.244 e. The second-order valence-electron chi connectivity index (χ2n) is 5.21. The maximum absolute atomic E-state index is 12.5. The van der Waals surface area contributed by atoms with Crippen molar-refractivity contribution in [2.45, 2.75) is 11.0 Å². The average Bonchev–Trinajstić information content (AvgIpc) is 2.47. The zero-order chi connectivity index (χ0) is 16.2. The number of sulfonamides is 1. The molecule has 1 aliphatic rings. The van der Waals surface area contributed by atoms with Crippen molar-refractivity contribution in [2.24, 2.45) is 5.73 Å². The van der Waals surface area contributed by atoms with Crippen LogP contribution in [0.1, 0.15) is 0 Å². The van der Waals surface area contributed by atoms with Crippen LogP contribution in [0.15, 0.2) is 29.4 Å². The largest absolute Gasteiger partial charge is 0.374 e. The van der Waals surface area contributed by atoms with Gasteiger partial charge in [0, 0.05) is 32.0 Å². The predicted molar refractivity (Wildman–Crippen MR) is 79.4 cm³/mol. The van der Waals surface area contributed by atoms with Crippen LogP contribution in [0.4, 0.5) is 0 Å². The minimum atomic E-state index is -3.57. The molecule has 2 heterocycles. The Morgan fingerprint density at radius 3 is 3.00 bits per heavy atom. The number of primary amides is 1. The van der Waals surface area contributed by atoms with Crippen LogP contribution in [0.2, 0.25) is 0 Å². The van der Waals surface area contributed by atoms with Crippen molar-refractivity contribution in [1.29, 1.82) is 0 Å². The summed E-state index contributed by atoms with van der Waals surface area (Å²) in [5.74, 6) is -0.432. The molecule has 2 rings (SSSR count). The van der Waals surface area contributed by atoms with Gasteiger partial charge >= 0.3 is 0 Å². The molecule has 122 valence electrons. The molecule has 8 nitrogen and oxygen atoms in total. The summed E-state index contributed by atoms with van der Waals surface area (Å²) >= 11 is 0. The van der Waals surface area contributed by atoms with Gasteiger partial charge in [-0.2, -0.15) is 4.31 Å². The summed E-state index contributed by atoms with van der Waals surface area (Å²) in [5, 5.41) is 0. The number of nitrogens with two attached hydrogens (primary N) is 1. The molecular formula is C13H20N4O4S. The number of carbonyl (C=O) groups excluding carboxylic acids is 1. The monoisotopic (exact) mass is 328 g/mol. The highest BCUT2D eigenvalue weighted by Gasteiger charge is 2.31. The number of carbonyl (C=O) groups is 1. The van der Waals surface area contributed by atoms with Crippen molar-refractivity contribution < 1.29 is 17.9 Å². The molecule has 1 saturated heterocycles. The van der Waals surface area contributed by atoms with Crippen LogP contribution in [0.5, 0.6) is 0 Å². The standard InChI is InChI=1S/C13H20N4O4S/c1-16(10-13(14)18)8-11-9-17(5-6-21-11)22(19,20)12-3-2-4-15-7-12/h2-4,7,11H,5-6,8-10H2,1H3,(H2,14,18). The summed E-state index contributed by atoms with van der Waals surface area (Å²) in [7, 11) is -1.83. The lowest BCUT2D eigenvalue weighted by Crippen LogP contribution is -2.49. The van der Waals surface area contributed by atoms with Crippen LogP contribution in [0.25, 0.3) is 0 Å². The number of morpholine rings is 1. The number of aromatic nitrogens is 1. The fraction of sp³-hybridized carbons (Fsp3) is 0.538. The Hall–Kier alpha value is -1.55. The van der Waals surface area contributed by atoms with Gasteiger partial charge in [-0.1, -0.05) is 0 Å². The van der Waals surface area contributed by atoms with E-state index >= 15 is 0 Å². The Balaban J connectivity index is 2.03. The molecule has 1 unspecified atom stereocenters. The molecule has 22 heavy (non-hydrogen) atoms. The maximum atomic E-state index is 12.5. The van der Waals surface area contributed by atoms with Crippen molar-refractivity contribution in [3.8, 4) is 0 Å². The fourth-order valence-corrected chi connectivity index (χ4v) is 3.77. The van der Waals surface area contributed by atoms with Gasteiger partial charge in [0.25, 0.3) is 0 Å². The molecule has 0 saturated carbocycles. The molecule has 2 N–H and O–H groups in total. The maximum Gasteiger partial charge on any atom is 0.244 e. The summed E-state index contributed by atoms with van der Waals surface area (Å²) in [4.78, 5) is 16.6. The van der Waals surface area contributed by atoms with E-state index in [0.717, 1.165) is 0 Å². The van der Waals surface area contributed by atoms with E-state index in [1.165, 1.54) is 22.8 Å². The Labute approximate surface area is 129 Å². The summed E-state index contributed by atoms with van der Waals surface area (Å²) in [6.45, 7) is 1.39. The third-order valence-electron chi connectivity index (χ3n) is 3.31. The van der Waals surface area contributed by atoms with E-state index in [2.05, 4.69) is 4.98 Å². The predicted octanol–water partition coefficient (Wildman–Crippen LogP) is -1.11. The number of hydrogen-bond acceptors (Lipinski definition) is 6. The number of rotatable bonds is 6. The normalized spacial score (nSPS) is 20.2. The number of amides is 1. The molecule has 1 aliphatic heterocycles. The molecule has 1 atom stereocenters. The molecule has 1 fully saturated rings. The molecule has 1 amide bonds. The van der Waals surface area contributed by atoms with Crippen molar-refractivity contribution in [2.75, 3.05) is 39.8 Å². The van der Waals surface area contributed by atoms with Crippen molar-refractivity contribution in [1.82, 2.24) is 14.2 Å². The first-order chi connectivity index (χ1) is 10.4. The molecule has 1 aromatic heterocycles. The van der Waals surface area contributed by atoms with E-state index < -0.39 is 15.9 Å². The number of hydrogen-bond donors (Lipinski definition) is 1. The van der Waals surface area contributed by atoms with Gasteiger partial charge < -0.3 is 10.5 Å². The van der Waals surface area contributed by atoms with Crippen LogP contribution >= 0.6 is 0 Å². The number of nitrogens with zero attached hydrogens (tertiary/aromatic N) is 3. The zero-order valence-corrected chi connectivity index (χ0v) is 13.2. The lowest BCUT2D eigenvalue weighted by atomic mass is 10.3. The summed E-state index contributed by atoms with van der Waals surface area (Å²) in [6, 6.07) is 3.11. The number of pyridine rings is 1. The van der Waals surface area contributed by atoms with E-state index in [-0.39, 0.29) is 24.1 Å². The Morgan fingerprint density at radius 1 is 1.59 bits per heavy atom. The second-order valence-corrected chi connectivity index (χ2v) is 7.15. The number of ether oxygens (including phenoxy) is 1. The SMILES string of the molecule is CN(CC(N)=O)CC1CN(S(=O)(=O)c2cccnc2)CCO1. The highest BCUT2D eigenvalue weighted by molar-refractivity contribution is 7.89. The molecule has 0 spiro atoms. The Bertz CT molecular complexity index is 608. The van der Waals surface area contributed by atoms with Gasteiger partial charge in [0.2, 0.25) is 15.9 Å². The molecule has 0 bridgehead atoms. The van der Waals surface area contributed by atoms with E-state index in [9.17, 15) is 13.2 Å². The van der Waals surface area contributed by atoms with Crippen LogP contribution in [0, 0.1) is 0 Å². The summed E-state index contributed by atoms with van der Waals surface area (Å²) in [5.41, 5.74) is 5.14. The first-order valence-corrected chi connectivity index (χ1v) is 8.32. The summed E-state index contributed by atoms with van der Waals surface area (Å²) < 4.78 is 32.0. The highest BCUT2D eigenvalue weighted by Crippen LogP contribution is 2.18. The van der Waals surface area contributed by atoms with Crippen molar-refractivity contribution >= 4 is 15.9 Å². The lowest BCUT2D eigenvalue weighted by molar-refractivity contribution is -0.119. The molecule has 0 aromatic carbocycles. The van der Waals surface area contributed by atoms with Gasteiger partial charge in [0.15, 0.2) is 0 Å². The van der Waals surface area contributed by atoms with Gasteiger partial charge in [0.1, 0.15) is 4.90 Å². The van der Waals surface area contributed by atoms with Crippen LogP contribution < -0.4 is 5.73 Å². The van der Waals surface area contributed by atoms with E-state index in [4.69, 9.17) is 10.5 Å². The van der Waals surface area contributed by atoms with Gasteiger partial charge in [-0.15, -0.1) is 0 Å². The van der Waals surface area contributed by atoms with E-state index in [0.29, 0.717) is 19.7 Å². The minimum Gasteiger partial charge on any atom is -0.374 e. The van der Waals surface area contributed by atoms with Crippen LogP contribution in [0.3, 0.4) is 0 Å².